The van der Waals surface area contributed by atoms with Crippen molar-refractivity contribution in [3.05, 3.63) is 24.3 Å². The minimum atomic E-state index is -1.17. The van der Waals surface area contributed by atoms with Gasteiger partial charge in [-0.25, -0.2) is 9.78 Å². The van der Waals surface area contributed by atoms with Crippen LogP contribution in [0.5, 0.6) is 0 Å². The summed E-state index contributed by atoms with van der Waals surface area (Å²) in [5, 5.41) is 8.32. The van der Waals surface area contributed by atoms with Crippen LogP contribution in [0.1, 0.15) is 11.9 Å². The largest absolute Gasteiger partial charge is 0.476 e. The molecular formula is C5H4N2O2. The highest BCUT2D eigenvalue weighted by Gasteiger charge is 2.00. The van der Waals surface area contributed by atoms with Crippen molar-refractivity contribution in [1.82, 2.24) is 9.97 Å². The van der Waals surface area contributed by atoms with Gasteiger partial charge in [0.05, 0.1) is 7.57 Å². The zero-order valence-corrected chi connectivity index (χ0v) is 4.40. The Labute approximate surface area is 52.6 Å². The van der Waals surface area contributed by atoms with Crippen LogP contribution in [0, 0.1) is 0 Å². The number of carboxylic acids is 1. The Bertz CT molecular complexity index is 264. The van der Waals surface area contributed by atoms with E-state index in [2.05, 4.69) is 9.97 Å². The van der Waals surface area contributed by atoms with E-state index in [9.17, 15) is 4.79 Å². The maximum Gasteiger partial charge on any atom is 0.356 e. The fraction of sp³-hybridized carbons (Fsp3) is 0. The Kier molecular flexibility index (Phi) is 1.09. The Balaban J connectivity index is 3.07. The van der Waals surface area contributed by atoms with Gasteiger partial charge >= 0.3 is 5.97 Å². The van der Waals surface area contributed by atoms with E-state index in [1.54, 1.807) is 0 Å². The number of carboxylic acid groups (broad SMARTS) is 1. The number of aromatic nitrogens is 2. The predicted molar refractivity (Wildman–Crippen MR) is 29.0 cm³/mol. The minimum absolute atomic E-state index is 0.139. The zero-order chi connectivity index (χ0) is 7.56. The molecule has 46 valence electrons. The van der Waals surface area contributed by atoms with E-state index in [0.29, 0.717) is 0 Å². The number of carbonyl (C=O) groups is 1. The van der Waals surface area contributed by atoms with Crippen LogP contribution in [0.15, 0.2) is 18.6 Å². The van der Waals surface area contributed by atoms with Crippen molar-refractivity contribution in [2.75, 3.05) is 0 Å². The van der Waals surface area contributed by atoms with E-state index in [-0.39, 0.29) is 11.9 Å². The van der Waals surface area contributed by atoms with Crippen molar-refractivity contribution in [1.29, 1.82) is 0 Å². The van der Waals surface area contributed by atoms with Gasteiger partial charge in [0.15, 0.2) is 5.69 Å². The molecule has 0 spiro atoms. The second-order valence-electron chi connectivity index (χ2n) is 1.34. The van der Waals surface area contributed by atoms with Gasteiger partial charge in [-0.2, -0.15) is 0 Å². The lowest BCUT2D eigenvalue weighted by Gasteiger charge is -1.86. The van der Waals surface area contributed by atoms with Gasteiger partial charge in [0.25, 0.3) is 0 Å². The van der Waals surface area contributed by atoms with E-state index >= 15 is 0 Å². The molecule has 0 bridgehead atoms. The fourth-order valence-corrected chi connectivity index (χ4v) is 0.372. The van der Waals surface area contributed by atoms with Gasteiger partial charge in [-0.1, -0.05) is 0 Å². The lowest BCUT2D eigenvalue weighted by atomic mass is 10.5. The van der Waals surface area contributed by atoms with Crippen LogP contribution >= 0.6 is 0 Å². The molecule has 1 heterocycles. The van der Waals surface area contributed by atoms with Crippen molar-refractivity contribution in [3.8, 4) is 0 Å². The fourth-order valence-electron chi connectivity index (χ4n) is 0.372. The highest BCUT2D eigenvalue weighted by atomic mass is 16.4. The van der Waals surface area contributed by atoms with Gasteiger partial charge in [0.1, 0.15) is 0 Å². The Hall–Kier alpha value is -1.45. The van der Waals surface area contributed by atoms with Crippen LogP contribution in [0.3, 0.4) is 0 Å². The second-order valence-corrected chi connectivity index (χ2v) is 1.34. The number of nitrogens with zero attached hydrogens (tertiary/aromatic N) is 2. The molecule has 0 radical (unpaired) electrons. The molecule has 0 aliphatic carbocycles. The van der Waals surface area contributed by atoms with E-state index in [1.807, 2.05) is 0 Å². The first-order chi connectivity index (χ1) is 4.70. The molecule has 1 rings (SSSR count). The van der Waals surface area contributed by atoms with Gasteiger partial charge in [-0.05, 0) is 0 Å². The highest BCUT2D eigenvalue weighted by molar-refractivity contribution is 5.84. The molecule has 1 N–H and O–H groups in total. The molecular weight excluding hydrogens is 120 g/mol. The summed E-state index contributed by atoms with van der Waals surface area (Å²) in [4.78, 5) is 17.0. The molecule has 9 heavy (non-hydrogen) atoms. The minimum Gasteiger partial charge on any atom is -0.476 e. The first kappa shape index (κ1) is 4.43. The first-order valence-corrected chi connectivity index (χ1v) is 2.22. The summed E-state index contributed by atoms with van der Waals surface area (Å²) in [6.07, 6.45) is 2.13. The molecule has 1 aromatic rings. The van der Waals surface area contributed by atoms with E-state index < -0.39 is 5.97 Å². The molecule has 1 aromatic heterocycles. The standard InChI is InChI=1S/C5H4N2O2/c8-5(9)4-3-6-1-2-7-4/h1-3H,(H,8,9)/i2D. The quantitative estimate of drug-likeness (QED) is 0.581. The van der Waals surface area contributed by atoms with Crippen LogP contribution in [-0.2, 0) is 0 Å². The molecule has 0 saturated heterocycles. The maximum atomic E-state index is 10.2. The molecule has 0 aromatic carbocycles. The lowest BCUT2D eigenvalue weighted by molar-refractivity contribution is 0.0690. The summed E-state index contributed by atoms with van der Waals surface area (Å²) in [5.74, 6) is -1.17. The van der Waals surface area contributed by atoms with Gasteiger partial charge in [-0.15, -0.1) is 0 Å². The Morgan fingerprint density at radius 2 is 2.67 bits per heavy atom. The molecule has 0 fully saturated rings. The van der Waals surface area contributed by atoms with Crippen LogP contribution in [0.25, 0.3) is 0 Å². The summed E-state index contributed by atoms with van der Waals surface area (Å²) in [7, 11) is 0. The third kappa shape index (κ3) is 1.22. The number of rotatable bonds is 1. The summed E-state index contributed by atoms with van der Waals surface area (Å²) in [6, 6.07) is 0. The molecule has 0 aliphatic rings. The van der Waals surface area contributed by atoms with Gasteiger partial charge in [-0.3, -0.25) is 4.98 Å². The van der Waals surface area contributed by atoms with Crippen LogP contribution < -0.4 is 0 Å². The SMILES string of the molecule is [2H]c1cncc(C(=O)O)n1. The maximum absolute atomic E-state index is 10.2. The number of hydrogen-bond donors (Lipinski definition) is 1. The molecule has 4 nitrogen and oxygen atoms in total. The van der Waals surface area contributed by atoms with Crippen molar-refractivity contribution >= 4 is 5.97 Å². The monoisotopic (exact) mass is 125 g/mol. The van der Waals surface area contributed by atoms with Crippen molar-refractivity contribution in [3.63, 3.8) is 0 Å². The Morgan fingerprint density at radius 3 is 3.11 bits per heavy atom. The van der Waals surface area contributed by atoms with E-state index in [1.165, 1.54) is 6.20 Å². The van der Waals surface area contributed by atoms with Crippen LogP contribution in [0.2, 0.25) is 0 Å². The number of aromatic carboxylic acids is 1. The average Bonchev–Trinajstić information content (AvgIpc) is 1.88. The first-order valence-electron chi connectivity index (χ1n) is 2.72. The van der Waals surface area contributed by atoms with Gasteiger partial charge in [0, 0.05) is 12.4 Å². The summed E-state index contributed by atoms with van der Waals surface area (Å²) in [5.41, 5.74) is -0.201. The second kappa shape index (κ2) is 2.21. The van der Waals surface area contributed by atoms with Gasteiger partial charge in [0.2, 0.25) is 0 Å². The summed E-state index contributed by atoms with van der Waals surface area (Å²) >= 11 is 0. The molecule has 0 amide bonds. The zero-order valence-electron chi connectivity index (χ0n) is 5.40. The summed E-state index contributed by atoms with van der Waals surface area (Å²) in [6.45, 7) is 0. The Morgan fingerprint density at radius 1 is 1.89 bits per heavy atom. The highest BCUT2D eigenvalue weighted by Crippen LogP contribution is 1.86. The lowest BCUT2D eigenvalue weighted by Crippen LogP contribution is -1.99. The normalized spacial score (nSPS) is 10.4. The van der Waals surface area contributed by atoms with Crippen molar-refractivity contribution < 1.29 is 11.3 Å². The third-order valence-corrected chi connectivity index (χ3v) is 0.733. The molecule has 0 atom stereocenters. The van der Waals surface area contributed by atoms with E-state index in [4.69, 9.17) is 6.48 Å². The van der Waals surface area contributed by atoms with Gasteiger partial charge < -0.3 is 5.11 Å². The summed E-state index contributed by atoms with van der Waals surface area (Å²) < 4.78 is 6.89. The number of hydrogen-bond acceptors (Lipinski definition) is 3. The van der Waals surface area contributed by atoms with Crippen molar-refractivity contribution in [2.45, 2.75) is 0 Å². The van der Waals surface area contributed by atoms with Crippen LogP contribution in [0.4, 0.5) is 0 Å². The van der Waals surface area contributed by atoms with Crippen molar-refractivity contribution in [2.24, 2.45) is 0 Å². The molecule has 4 heteroatoms. The molecule has 0 aliphatic heterocycles. The topological polar surface area (TPSA) is 63.1 Å². The predicted octanol–water partition coefficient (Wildman–Crippen LogP) is 0.175. The van der Waals surface area contributed by atoms with E-state index in [0.717, 1.165) is 6.20 Å². The molecule has 0 saturated carbocycles. The average molecular weight is 125 g/mol. The third-order valence-electron chi connectivity index (χ3n) is 0.733. The smallest absolute Gasteiger partial charge is 0.356 e. The molecule has 0 unspecified atom stereocenters. The van der Waals surface area contributed by atoms with Crippen LogP contribution in [-0.4, -0.2) is 21.0 Å².